The number of fused-ring (bicyclic) bond motifs is 1. The van der Waals surface area contributed by atoms with Crippen LogP contribution >= 0.6 is 0 Å². The summed E-state index contributed by atoms with van der Waals surface area (Å²) in [4.78, 5) is 15.4. The van der Waals surface area contributed by atoms with Crippen molar-refractivity contribution in [3.63, 3.8) is 0 Å². The van der Waals surface area contributed by atoms with Gasteiger partial charge in [-0.3, -0.25) is 4.79 Å². The van der Waals surface area contributed by atoms with Crippen LogP contribution in [0.4, 0.5) is 14.5 Å². The smallest absolute Gasteiger partial charge is 0.307 e. The number of anilines is 1. The summed E-state index contributed by atoms with van der Waals surface area (Å²) in [5, 5.41) is 9.08. The third kappa shape index (κ3) is 2.76. The zero-order valence-electron chi connectivity index (χ0n) is 11.8. The van der Waals surface area contributed by atoms with Gasteiger partial charge < -0.3 is 15.2 Å². The number of carbonyl (C=O) groups excluding carboxylic acids is 1. The number of carbonyl (C=O) groups is 1. The topological polar surface area (TPSA) is 80.0 Å². The predicted octanol–water partition coefficient (Wildman–Crippen LogP) is 2.08. The molecule has 2 N–H and O–H groups in total. The van der Waals surface area contributed by atoms with Crippen molar-refractivity contribution < 1.29 is 18.1 Å². The Morgan fingerprint density at radius 1 is 1.45 bits per heavy atom. The lowest BCUT2D eigenvalue weighted by Gasteiger charge is -2.19. The zero-order chi connectivity index (χ0) is 15.7. The molecule has 1 aromatic carbocycles. The number of amides is 1. The van der Waals surface area contributed by atoms with Gasteiger partial charge in [-0.2, -0.15) is 13.8 Å². The third-order valence-corrected chi connectivity index (χ3v) is 3.37. The van der Waals surface area contributed by atoms with Gasteiger partial charge in [0.2, 0.25) is 11.7 Å². The lowest BCUT2D eigenvalue weighted by molar-refractivity contribution is 0.00559. The molecule has 0 unspecified atom stereocenters. The second-order valence-electron chi connectivity index (χ2n) is 5.09. The Balaban J connectivity index is 1.76. The maximum Gasteiger partial charge on any atom is 0.307 e. The van der Waals surface area contributed by atoms with E-state index < -0.39 is 11.7 Å². The largest absolute Gasteiger partial charge is 0.376 e. The van der Waals surface area contributed by atoms with Gasteiger partial charge in [0.1, 0.15) is 0 Å². The number of hydrogen-bond donors (Lipinski definition) is 2. The molecule has 1 amide bonds. The van der Waals surface area contributed by atoms with Crippen molar-refractivity contribution in [3.05, 3.63) is 41.0 Å². The lowest BCUT2D eigenvalue weighted by Crippen LogP contribution is -2.32. The minimum atomic E-state index is -3.13. The van der Waals surface area contributed by atoms with Crippen LogP contribution in [0.2, 0.25) is 0 Å². The first kappa shape index (κ1) is 14.4. The van der Waals surface area contributed by atoms with Gasteiger partial charge in [-0.05, 0) is 24.1 Å². The Morgan fingerprint density at radius 3 is 3.00 bits per heavy atom. The van der Waals surface area contributed by atoms with Crippen LogP contribution in [-0.4, -0.2) is 22.6 Å². The molecular weight excluding hydrogens is 294 g/mol. The van der Waals surface area contributed by atoms with E-state index in [2.05, 4.69) is 20.8 Å². The Kier molecular flexibility index (Phi) is 3.51. The fourth-order valence-electron chi connectivity index (χ4n) is 2.31. The van der Waals surface area contributed by atoms with E-state index in [1.54, 1.807) is 12.1 Å². The van der Waals surface area contributed by atoms with Crippen LogP contribution in [0.25, 0.3) is 0 Å². The summed E-state index contributed by atoms with van der Waals surface area (Å²) in [7, 11) is 0. The Hall–Kier alpha value is -2.51. The quantitative estimate of drug-likeness (QED) is 0.904. The molecule has 0 saturated carbocycles. The monoisotopic (exact) mass is 308 g/mol. The molecule has 3 rings (SSSR count). The Labute approximate surface area is 124 Å². The van der Waals surface area contributed by atoms with Crippen molar-refractivity contribution in [1.29, 1.82) is 0 Å². The normalized spacial score (nSPS) is 14.4. The van der Waals surface area contributed by atoms with Gasteiger partial charge in [0.05, 0.1) is 6.54 Å². The number of rotatable bonds is 4. The highest BCUT2D eigenvalue weighted by Gasteiger charge is 2.31. The Morgan fingerprint density at radius 2 is 2.27 bits per heavy atom. The van der Waals surface area contributed by atoms with Crippen LogP contribution < -0.4 is 10.6 Å². The summed E-state index contributed by atoms with van der Waals surface area (Å²) in [6.07, 6.45) is 0.701. The number of nitrogens with one attached hydrogen (secondary N) is 2. The number of hydrogen-bond acceptors (Lipinski definition) is 5. The molecule has 1 aliphatic rings. The molecule has 1 aliphatic heterocycles. The standard InChI is InChI=1S/C14H14F2N4O2/c1-14(15,16)13-19-11(22-20-13)7-18-10-4-2-3-9-8(10)5-6-17-12(9)21/h2-4,18H,5-7H2,1H3,(H,17,21). The lowest BCUT2D eigenvalue weighted by atomic mass is 9.98. The molecule has 0 bridgehead atoms. The SMILES string of the molecule is CC(F)(F)c1noc(CNc2cccc3c2CCNC3=O)n1. The number of halogens is 2. The highest BCUT2D eigenvalue weighted by atomic mass is 19.3. The molecule has 0 saturated heterocycles. The van der Waals surface area contributed by atoms with Crippen LogP contribution in [-0.2, 0) is 18.9 Å². The van der Waals surface area contributed by atoms with E-state index in [1.807, 2.05) is 6.07 Å². The van der Waals surface area contributed by atoms with Gasteiger partial charge in [0.25, 0.3) is 5.91 Å². The van der Waals surface area contributed by atoms with Gasteiger partial charge in [-0.1, -0.05) is 11.2 Å². The maximum atomic E-state index is 13.0. The van der Waals surface area contributed by atoms with Crippen molar-refractivity contribution >= 4 is 11.6 Å². The zero-order valence-corrected chi connectivity index (χ0v) is 11.8. The van der Waals surface area contributed by atoms with Crippen LogP contribution in [0.3, 0.4) is 0 Å². The van der Waals surface area contributed by atoms with E-state index in [1.165, 1.54) is 0 Å². The van der Waals surface area contributed by atoms with E-state index in [4.69, 9.17) is 4.52 Å². The van der Waals surface area contributed by atoms with Gasteiger partial charge in [-0.15, -0.1) is 0 Å². The summed E-state index contributed by atoms with van der Waals surface area (Å²) in [6, 6.07) is 5.33. The predicted molar refractivity (Wildman–Crippen MR) is 73.7 cm³/mol. The van der Waals surface area contributed by atoms with Crippen LogP contribution in [0.5, 0.6) is 0 Å². The minimum absolute atomic E-state index is 0.0642. The number of aromatic nitrogens is 2. The van der Waals surface area contributed by atoms with Crippen LogP contribution in [0.15, 0.2) is 22.7 Å². The van der Waals surface area contributed by atoms with Crippen molar-refractivity contribution in [2.24, 2.45) is 0 Å². The molecule has 116 valence electrons. The summed E-state index contributed by atoms with van der Waals surface area (Å²) in [5.74, 6) is -3.82. The number of nitrogens with zero attached hydrogens (tertiary/aromatic N) is 2. The molecule has 8 heteroatoms. The van der Waals surface area contributed by atoms with E-state index in [0.717, 1.165) is 11.3 Å². The minimum Gasteiger partial charge on any atom is -0.376 e. The Bertz CT molecular complexity index is 709. The van der Waals surface area contributed by atoms with Gasteiger partial charge in [0, 0.05) is 24.7 Å². The molecule has 1 aromatic heterocycles. The molecule has 22 heavy (non-hydrogen) atoms. The molecule has 0 atom stereocenters. The van der Waals surface area contributed by atoms with E-state index >= 15 is 0 Å². The second kappa shape index (κ2) is 5.36. The van der Waals surface area contributed by atoms with E-state index in [0.29, 0.717) is 25.5 Å². The molecule has 2 aromatic rings. The third-order valence-electron chi connectivity index (χ3n) is 3.37. The second-order valence-corrected chi connectivity index (χ2v) is 5.09. The van der Waals surface area contributed by atoms with Gasteiger partial charge in [0.15, 0.2) is 0 Å². The van der Waals surface area contributed by atoms with Crippen LogP contribution in [0, 0.1) is 0 Å². The maximum absolute atomic E-state index is 13.0. The van der Waals surface area contributed by atoms with E-state index in [-0.39, 0.29) is 18.3 Å². The first-order chi connectivity index (χ1) is 10.4. The molecular formula is C14H14F2N4O2. The summed E-state index contributed by atoms with van der Waals surface area (Å²) in [5.41, 5.74) is 2.27. The highest BCUT2D eigenvalue weighted by Crippen LogP contribution is 2.25. The fraction of sp³-hybridized carbons (Fsp3) is 0.357. The fourth-order valence-corrected chi connectivity index (χ4v) is 2.31. The van der Waals surface area contributed by atoms with Gasteiger partial charge >= 0.3 is 5.92 Å². The summed E-state index contributed by atoms with van der Waals surface area (Å²) >= 11 is 0. The van der Waals surface area contributed by atoms with Crippen molar-refractivity contribution in [2.75, 3.05) is 11.9 Å². The van der Waals surface area contributed by atoms with E-state index in [9.17, 15) is 13.6 Å². The first-order valence-corrected chi connectivity index (χ1v) is 6.80. The van der Waals surface area contributed by atoms with Crippen molar-refractivity contribution in [2.45, 2.75) is 25.8 Å². The molecule has 2 heterocycles. The van der Waals surface area contributed by atoms with Crippen LogP contribution in [0.1, 0.15) is 34.6 Å². The molecule has 0 spiro atoms. The molecule has 0 radical (unpaired) electrons. The van der Waals surface area contributed by atoms with Crippen molar-refractivity contribution in [3.8, 4) is 0 Å². The van der Waals surface area contributed by atoms with Crippen molar-refractivity contribution in [1.82, 2.24) is 15.5 Å². The summed E-state index contributed by atoms with van der Waals surface area (Å²) in [6.45, 7) is 1.39. The average molecular weight is 308 g/mol. The molecule has 6 nitrogen and oxygen atoms in total. The summed E-state index contributed by atoms with van der Waals surface area (Å²) < 4.78 is 30.9. The average Bonchev–Trinajstić information content (AvgIpc) is 2.95. The number of alkyl halides is 2. The molecule has 0 aliphatic carbocycles. The highest BCUT2D eigenvalue weighted by molar-refractivity contribution is 5.98. The first-order valence-electron chi connectivity index (χ1n) is 6.80. The molecule has 0 fully saturated rings. The van der Waals surface area contributed by atoms with Gasteiger partial charge in [-0.25, -0.2) is 0 Å². The number of benzene rings is 1.